The van der Waals surface area contributed by atoms with Gasteiger partial charge in [-0.05, 0) is 50.3 Å². The summed E-state index contributed by atoms with van der Waals surface area (Å²) < 4.78 is 0. The van der Waals surface area contributed by atoms with Gasteiger partial charge in [0.15, 0.2) is 0 Å². The van der Waals surface area contributed by atoms with Gasteiger partial charge in [0.25, 0.3) is 0 Å². The summed E-state index contributed by atoms with van der Waals surface area (Å²) in [6.45, 7) is 10.4. The minimum absolute atomic E-state index is 0.179. The van der Waals surface area contributed by atoms with E-state index in [0.29, 0.717) is 0 Å². The molecule has 1 heterocycles. The summed E-state index contributed by atoms with van der Waals surface area (Å²) in [5.74, 6) is 1.70. The van der Waals surface area contributed by atoms with Gasteiger partial charge in [-0.15, -0.1) is 0 Å². The molecule has 19 heavy (non-hydrogen) atoms. The van der Waals surface area contributed by atoms with Gasteiger partial charge < -0.3 is 10.6 Å². The molecule has 106 valence electrons. The smallest absolute Gasteiger partial charge is 0.0307 e. The molecule has 0 radical (unpaired) electrons. The van der Waals surface area contributed by atoms with Crippen LogP contribution in [0, 0.1) is 18.8 Å². The summed E-state index contributed by atoms with van der Waals surface area (Å²) in [5.41, 5.74) is 8.86. The molecular weight excluding hydrogens is 232 g/mol. The molecule has 2 rings (SSSR count). The standard InChI is InChI=1S/C17H28N2/c1-13(2)16-8-10-19(12-16)11-9-17(18)15-6-4-14(3)5-7-15/h4-7,13,16-17H,8-12,18H2,1-3H3. The molecule has 0 bridgehead atoms. The zero-order valence-electron chi connectivity index (χ0n) is 12.6. The van der Waals surface area contributed by atoms with E-state index in [1.807, 2.05) is 0 Å². The summed E-state index contributed by atoms with van der Waals surface area (Å²) in [6.07, 6.45) is 2.42. The van der Waals surface area contributed by atoms with Gasteiger partial charge in [-0.1, -0.05) is 43.7 Å². The summed E-state index contributed by atoms with van der Waals surface area (Å²) >= 11 is 0. The molecule has 0 aliphatic carbocycles. The number of nitrogens with zero attached hydrogens (tertiary/aromatic N) is 1. The Morgan fingerprint density at radius 1 is 1.26 bits per heavy atom. The molecule has 2 heteroatoms. The highest BCUT2D eigenvalue weighted by Crippen LogP contribution is 2.24. The van der Waals surface area contributed by atoms with Crippen molar-refractivity contribution < 1.29 is 0 Å². The number of nitrogens with two attached hydrogens (primary N) is 1. The Bertz CT molecular complexity index is 383. The molecule has 1 aliphatic rings. The van der Waals surface area contributed by atoms with Gasteiger partial charge in [0.05, 0.1) is 0 Å². The molecule has 0 saturated carbocycles. The third-order valence-corrected chi connectivity index (χ3v) is 4.51. The van der Waals surface area contributed by atoms with E-state index in [-0.39, 0.29) is 6.04 Å². The minimum Gasteiger partial charge on any atom is -0.324 e. The quantitative estimate of drug-likeness (QED) is 0.879. The van der Waals surface area contributed by atoms with Crippen LogP contribution in [0.15, 0.2) is 24.3 Å². The predicted molar refractivity (Wildman–Crippen MR) is 82.1 cm³/mol. The first kappa shape index (κ1) is 14.5. The second-order valence-electron chi connectivity index (χ2n) is 6.40. The van der Waals surface area contributed by atoms with Crippen molar-refractivity contribution in [2.45, 2.75) is 39.7 Å². The average Bonchev–Trinajstić information content (AvgIpc) is 2.86. The molecule has 2 atom stereocenters. The molecule has 1 fully saturated rings. The van der Waals surface area contributed by atoms with Gasteiger partial charge in [0.2, 0.25) is 0 Å². The van der Waals surface area contributed by atoms with Gasteiger partial charge >= 0.3 is 0 Å². The van der Waals surface area contributed by atoms with Crippen LogP contribution in [-0.4, -0.2) is 24.5 Å². The van der Waals surface area contributed by atoms with Crippen LogP contribution in [-0.2, 0) is 0 Å². The van der Waals surface area contributed by atoms with Crippen molar-refractivity contribution in [1.29, 1.82) is 0 Å². The van der Waals surface area contributed by atoms with Gasteiger partial charge in [0.1, 0.15) is 0 Å². The van der Waals surface area contributed by atoms with E-state index in [4.69, 9.17) is 5.73 Å². The molecule has 1 aromatic carbocycles. The van der Waals surface area contributed by atoms with Crippen LogP contribution in [0.1, 0.15) is 43.9 Å². The van der Waals surface area contributed by atoms with E-state index in [1.165, 1.54) is 30.6 Å². The van der Waals surface area contributed by atoms with Crippen molar-refractivity contribution in [3.63, 3.8) is 0 Å². The van der Waals surface area contributed by atoms with Crippen LogP contribution in [0.3, 0.4) is 0 Å². The fraction of sp³-hybridized carbons (Fsp3) is 0.647. The molecule has 1 saturated heterocycles. The molecule has 0 amide bonds. The number of hydrogen-bond acceptors (Lipinski definition) is 2. The van der Waals surface area contributed by atoms with E-state index < -0.39 is 0 Å². The molecule has 0 aromatic heterocycles. The maximum atomic E-state index is 6.29. The number of benzene rings is 1. The molecule has 1 aromatic rings. The van der Waals surface area contributed by atoms with Crippen LogP contribution in [0.5, 0.6) is 0 Å². The van der Waals surface area contributed by atoms with Crippen LogP contribution in [0.25, 0.3) is 0 Å². The van der Waals surface area contributed by atoms with Crippen LogP contribution >= 0.6 is 0 Å². The Hall–Kier alpha value is -0.860. The van der Waals surface area contributed by atoms with E-state index in [2.05, 4.69) is 49.9 Å². The topological polar surface area (TPSA) is 29.3 Å². The largest absolute Gasteiger partial charge is 0.324 e. The van der Waals surface area contributed by atoms with E-state index in [0.717, 1.165) is 24.8 Å². The lowest BCUT2D eigenvalue weighted by Crippen LogP contribution is -2.26. The summed E-state index contributed by atoms with van der Waals surface area (Å²) in [6, 6.07) is 8.82. The monoisotopic (exact) mass is 260 g/mol. The van der Waals surface area contributed by atoms with Gasteiger partial charge in [-0.2, -0.15) is 0 Å². The number of likely N-dealkylation sites (tertiary alicyclic amines) is 1. The van der Waals surface area contributed by atoms with Gasteiger partial charge in [-0.3, -0.25) is 0 Å². The summed E-state index contributed by atoms with van der Waals surface area (Å²) in [4.78, 5) is 2.58. The zero-order chi connectivity index (χ0) is 13.8. The third-order valence-electron chi connectivity index (χ3n) is 4.51. The first-order valence-corrected chi connectivity index (χ1v) is 7.60. The van der Waals surface area contributed by atoms with E-state index in [1.54, 1.807) is 0 Å². The summed E-state index contributed by atoms with van der Waals surface area (Å²) in [7, 11) is 0. The highest BCUT2D eigenvalue weighted by Gasteiger charge is 2.24. The lowest BCUT2D eigenvalue weighted by molar-refractivity contribution is 0.292. The molecule has 1 aliphatic heterocycles. The molecule has 0 spiro atoms. The van der Waals surface area contributed by atoms with E-state index >= 15 is 0 Å². The second kappa shape index (κ2) is 6.53. The summed E-state index contributed by atoms with van der Waals surface area (Å²) in [5, 5.41) is 0. The number of hydrogen-bond donors (Lipinski definition) is 1. The first-order valence-electron chi connectivity index (χ1n) is 7.60. The molecule has 2 nitrogen and oxygen atoms in total. The Morgan fingerprint density at radius 3 is 2.53 bits per heavy atom. The molecule has 2 unspecified atom stereocenters. The predicted octanol–water partition coefficient (Wildman–Crippen LogP) is 3.36. The van der Waals surface area contributed by atoms with E-state index in [9.17, 15) is 0 Å². The maximum Gasteiger partial charge on any atom is 0.0307 e. The van der Waals surface area contributed by atoms with Crippen LogP contribution < -0.4 is 5.73 Å². The maximum absolute atomic E-state index is 6.29. The van der Waals surface area contributed by atoms with Crippen molar-refractivity contribution in [3.8, 4) is 0 Å². The minimum atomic E-state index is 0.179. The van der Waals surface area contributed by atoms with Gasteiger partial charge in [-0.25, -0.2) is 0 Å². The highest BCUT2D eigenvalue weighted by atomic mass is 15.1. The Labute approximate surface area is 118 Å². The van der Waals surface area contributed by atoms with Crippen molar-refractivity contribution >= 4 is 0 Å². The van der Waals surface area contributed by atoms with Crippen molar-refractivity contribution in [3.05, 3.63) is 35.4 Å². The zero-order valence-corrected chi connectivity index (χ0v) is 12.6. The Morgan fingerprint density at radius 2 is 1.95 bits per heavy atom. The SMILES string of the molecule is Cc1ccc(C(N)CCN2CCC(C(C)C)C2)cc1. The molecule has 2 N–H and O–H groups in total. The van der Waals surface area contributed by atoms with Crippen molar-refractivity contribution in [2.24, 2.45) is 17.6 Å². The average molecular weight is 260 g/mol. The molecular formula is C17H28N2. The highest BCUT2D eigenvalue weighted by molar-refractivity contribution is 5.23. The van der Waals surface area contributed by atoms with Crippen molar-refractivity contribution in [1.82, 2.24) is 4.90 Å². The third kappa shape index (κ3) is 4.05. The second-order valence-corrected chi connectivity index (χ2v) is 6.40. The first-order chi connectivity index (χ1) is 9.06. The fourth-order valence-corrected chi connectivity index (χ4v) is 2.91. The van der Waals surface area contributed by atoms with Crippen LogP contribution in [0.4, 0.5) is 0 Å². The van der Waals surface area contributed by atoms with Gasteiger partial charge in [0, 0.05) is 12.6 Å². The van der Waals surface area contributed by atoms with Crippen LogP contribution in [0.2, 0.25) is 0 Å². The van der Waals surface area contributed by atoms with Crippen molar-refractivity contribution in [2.75, 3.05) is 19.6 Å². The fourth-order valence-electron chi connectivity index (χ4n) is 2.91. The number of rotatable bonds is 5. The number of aryl methyl sites for hydroxylation is 1. The lowest BCUT2D eigenvalue weighted by Gasteiger charge is -2.20. The Balaban J connectivity index is 1.78. The normalized spacial score (nSPS) is 22.1. The lowest BCUT2D eigenvalue weighted by atomic mass is 9.95. The Kier molecular flexibility index (Phi) is 5.00.